The molecule has 0 amide bonds. The van der Waals surface area contributed by atoms with Crippen molar-refractivity contribution in [3.05, 3.63) is 87.5 Å². The van der Waals surface area contributed by atoms with Gasteiger partial charge in [-0.05, 0) is 82.5 Å². The van der Waals surface area contributed by atoms with E-state index in [0.29, 0.717) is 23.7 Å². The topological polar surface area (TPSA) is 58.6 Å². The molecule has 0 aliphatic heterocycles. The maximum atomic E-state index is 10.4. The van der Waals surface area contributed by atoms with Gasteiger partial charge in [0.15, 0.2) is 0 Å². The molecule has 0 bridgehead atoms. The molecule has 0 radical (unpaired) electrons. The average molecular weight is 485 g/mol. The van der Waals surface area contributed by atoms with Crippen molar-refractivity contribution in [2.45, 2.75) is 92.4 Å². The van der Waals surface area contributed by atoms with Crippen LogP contribution in [-0.4, -0.2) is 10.8 Å². The minimum absolute atomic E-state index is 0.262. The molecule has 0 aliphatic rings. The van der Waals surface area contributed by atoms with E-state index >= 15 is 0 Å². The van der Waals surface area contributed by atoms with Crippen molar-refractivity contribution in [2.24, 2.45) is 4.99 Å². The number of rotatable bonds is 8. The van der Waals surface area contributed by atoms with E-state index in [1.807, 2.05) is 25.1 Å². The van der Waals surface area contributed by atoms with Crippen LogP contribution in [0.15, 0.2) is 53.5 Å². The second kappa shape index (κ2) is 11.3. The predicted molar refractivity (Wildman–Crippen MR) is 156 cm³/mol. The highest BCUT2D eigenvalue weighted by Gasteiger charge is 2.19. The lowest BCUT2D eigenvalue weighted by molar-refractivity contribution is 0.474. The Balaban J connectivity index is 2.16. The molecule has 0 unspecified atom stereocenters. The van der Waals surface area contributed by atoms with Gasteiger partial charge in [0.25, 0.3) is 0 Å². The minimum atomic E-state index is 0.262. The third kappa shape index (κ3) is 6.00. The highest BCUT2D eigenvalue weighted by Crippen LogP contribution is 2.38. The summed E-state index contributed by atoms with van der Waals surface area (Å²) in [6.45, 7) is 19.8. The molecule has 3 rings (SSSR count). The molecule has 0 spiro atoms. The summed E-state index contributed by atoms with van der Waals surface area (Å²) in [5.74, 6) is 1.67. The monoisotopic (exact) mass is 484 g/mol. The predicted octanol–water partition coefficient (Wildman–Crippen LogP) is 9.20. The molecular weight excluding hydrogens is 440 g/mol. The summed E-state index contributed by atoms with van der Waals surface area (Å²) >= 11 is 0. The van der Waals surface area contributed by atoms with Gasteiger partial charge in [0.1, 0.15) is 5.75 Å². The first-order valence-corrected chi connectivity index (χ1v) is 13.3. The second-order valence-electron chi connectivity index (χ2n) is 11.3. The van der Waals surface area contributed by atoms with Gasteiger partial charge in [0.2, 0.25) is 0 Å². The van der Waals surface area contributed by atoms with Gasteiger partial charge in [-0.15, -0.1) is 0 Å². The standard InChI is InChI=1S/C33H44N2O/c1-19(2)27-15-24(16-28(20(3)4)32(27)34)14-25-17-29(21(5)6)33(30(18-25)22(7)8)35-23(9)26-12-10-11-13-31(26)36/h10-13,15-22,36H,14,34H2,1-9H3. The summed E-state index contributed by atoms with van der Waals surface area (Å²) in [5.41, 5.74) is 17.7. The van der Waals surface area contributed by atoms with E-state index in [1.165, 1.54) is 33.4 Å². The van der Waals surface area contributed by atoms with E-state index in [0.717, 1.165) is 29.1 Å². The van der Waals surface area contributed by atoms with Crippen LogP contribution in [0.25, 0.3) is 0 Å². The minimum Gasteiger partial charge on any atom is -0.507 e. The zero-order chi connectivity index (χ0) is 26.7. The SMILES string of the molecule is CC(=Nc1c(C(C)C)cc(Cc2cc(C(C)C)c(N)c(C(C)C)c2)cc1C(C)C)c1ccccc1O. The quantitative estimate of drug-likeness (QED) is 0.247. The Kier molecular flexibility index (Phi) is 8.66. The van der Waals surface area contributed by atoms with Crippen LogP contribution in [0.5, 0.6) is 5.75 Å². The van der Waals surface area contributed by atoms with Crippen LogP contribution in [0, 0.1) is 0 Å². The van der Waals surface area contributed by atoms with Gasteiger partial charge in [-0.3, -0.25) is 4.99 Å². The Morgan fingerprint density at radius 3 is 1.56 bits per heavy atom. The normalized spacial score (nSPS) is 12.4. The fraction of sp³-hybridized carbons (Fsp3) is 0.424. The molecule has 3 heteroatoms. The number of benzene rings is 3. The van der Waals surface area contributed by atoms with Crippen LogP contribution in [0.4, 0.5) is 11.4 Å². The van der Waals surface area contributed by atoms with Crippen molar-refractivity contribution in [3.8, 4) is 5.75 Å². The van der Waals surface area contributed by atoms with Gasteiger partial charge < -0.3 is 10.8 Å². The fourth-order valence-electron chi connectivity index (χ4n) is 4.92. The lowest BCUT2D eigenvalue weighted by Gasteiger charge is -2.21. The van der Waals surface area contributed by atoms with E-state index in [1.54, 1.807) is 6.07 Å². The van der Waals surface area contributed by atoms with E-state index in [9.17, 15) is 5.11 Å². The van der Waals surface area contributed by atoms with Gasteiger partial charge in [0, 0.05) is 17.0 Å². The number of nitrogen functional groups attached to an aromatic ring is 1. The van der Waals surface area contributed by atoms with Gasteiger partial charge in [-0.2, -0.15) is 0 Å². The van der Waals surface area contributed by atoms with E-state index in [2.05, 4.69) is 79.7 Å². The van der Waals surface area contributed by atoms with Crippen LogP contribution in [0.2, 0.25) is 0 Å². The van der Waals surface area contributed by atoms with E-state index < -0.39 is 0 Å². The van der Waals surface area contributed by atoms with Crippen molar-refractivity contribution in [3.63, 3.8) is 0 Å². The Morgan fingerprint density at radius 1 is 0.722 bits per heavy atom. The summed E-state index contributed by atoms with van der Waals surface area (Å²) in [7, 11) is 0. The number of aliphatic imine (C=N–C) groups is 1. The fourth-order valence-corrected chi connectivity index (χ4v) is 4.92. The average Bonchev–Trinajstić information content (AvgIpc) is 2.80. The Morgan fingerprint density at radius 2 is 1.14 bits per heavy atom. The Labute approximate surface area is 218 Å². The van der Waals surface area contributed by atoms with Gasteiger partial charge >= 0.3 is 0 Å². The molecule has 36 heavy (non-hydrogen) atoms. The molecule has 192 valence electrons. The number of hydrogen-bond donors (Lipinski definition) is 2. The van der Waals surface area contributed by atoms with Crippen LogP contribution in [0.3, 0.4) is 0 Å². The molecule has 0 heterocycles. The van der Waals surface area contributed by atoms with Crippen molar-refractivity contribution >= 4 is 17.1 Å². The Bertz CT molecular complexity index is 1190. The molecule has 3 aromatic carbocycles. The molecule has 0 atom stereocenters. The number of phenols is 1. The largest absolute Gasteiger partial charge is 0.507 e. The Hall–Kier alpha value is -3.07. The number of anilines is 1. The number of hydrogen-bond acceptors (Lipinski definition) is 3. The molecule has 0 aliphatic carbocycles. The molecule has 0 saturated carbocycles. The molecule has 0 fully saturated rings. The van der Waals surface area contributed by atoms with Gasteiger partial charge in [0.05, 0.1) is 5.69 Å². The number of aromatic hydroxyl groups is 1. The van der Waals surface area contributed by atoms with Crippen molar-refractivity contribution in [1.29, 1.82) is 0 Å². The summed E-state index contributed by atoms with van der Waals surface area (Å²) < 4.78 is 0. The van der Waals surface area contributed by atoms with Crippen molar-refractivity contribution < 1.29 is 5.11 Å². The molecule has 0 aromatic heterocycles. The van der Waals surface area contributed by atoms with E-state index in [-0.39, 0.29) is 5.75 Å². The van der Waals surface area contributed by atoms with Crippen LogP contribution >= 0.6 is 0 Å². The van der Waals surface area contributed by atoms with Crippen LogP contribution in [0.1, 0.15) is 125 Å². The van der Waals surface area contributed by atoms with E-state index in [4.69, 9.17) is 10.7 Å². The molecular formula is C33H44N2O. The number of nitrogens with two attached hydrogens (primary N) is 1. The summed E-state index contributed by atoms with van der Waals surface area (Å²) in [4.78, 5) is 5.11. The lowest BCUT2D eigenvalue weighted by Crippen LogP contribution is -2.06. The second-order valence-corrected chi connectivity index (χ2v) is 11.3. The smallest absolute Gasteiger partial charge is 0.124 e. The third-order valence-corrected chi connectivity index (χ3v) is 7.00. The first kappa shape index (κ1) is 27.5. The summed E-state index contributed by atoms with van der Waals surface area (Å²) in [6, 6.07) is 16.7. The zero-order valence-corrected chi connectivity index (χ0v) is 23.6. The number of phenolic OH excluding ortho intramolecular Hbond substituents is 1. The highest BCUT2D eigenvalue weighted by atomic mass is 16.3. The highest BCUT2D eigenvalue weighted by molar-refractivity contribution is 6.02. The molecule has 3 aromatic rings. The number of nitrogens with zero attached hydrogens (tertiary/aromatic N) is 1. The van der Waals surface area contributed by atoms with Crippen molar-refractivity contribution in [1.82, 2.24) is 0 Å². The first-order valence-electron chi connectivity index (χ1n) is 13.3. The number of para-hydroxylation sites is 1. The summed E-state index contributed by atoms with van der Waals surface area (Å²) in [5, 5.41) is 10.4. The van der Waals surface area contributed by atoms with Crippen molar-refractivity contribution in [2.75, 3.05) is 5.73 Å². The van der Waals surface area contributed by atoms with Crippen LogP contribution in [-0.2, 0) is 6.42 Å². The van der Waals surface area contributed by atoms with Gasteiger partial charge in [-0.25, -0.2) is 0 Å². The maximum Gasteiger partial charge on any atom is 0.124 e. The first-order chi connectivity index (χ1) is 16.9. The van der Waals surface area contributed by atoms with Gasteiger partial charge in [-0.1, -0.05) is 91.8 Å². The molecule has 3 nitrogen and oxygen atoms in total. The lowest BCUT2D eigenvalue weighted by atomic mass is 9.86. The van der Waals surface area contributed by atoms with Crippen LogP contribution < -0.4 is 5.73 Å². The molecule has 0 saturated heterocycles. The maximum absolute atomic E-state index is 10.4. The molecule has 3 N–H and O–H groups in total. The zero-order valence-electron chi connectivity index (χ0n) is 23.6. The third-order valence-electron chi connectivity index (χ3n) is 7.00. The summed E-state index contributed by atoms with van der Waals surface area (Å²) in [6.07, 6.45) is 0.863.